The second-order valence-corrected chi connectivity index (χ2v) is 6.61. The maximum Gasteiger partial charge on any atom is 0.319 e. The average molecular weight is 330 g/mol. The second kappa shape index (κ2) is 7.81. The van der Waals surface area contributed by atoms with Gasteiger partial charge < -0.3 is 20.1 Å². The van der Waals surface area contributed by atoms with Gasteiger partial charge in [-0.25, -0.2) is 4.79 Å². The lowest BCUT2D eigenvalue weighted by atomic mass is 9.90. The van der Waals surface area contributed by atoms with Crippen molar-refractivity contribution >= 4 is 11.7 Å². The number of amides is 2. The number of ether oxygens (including phenoxy) is 2. The molecule has 130 valence electrons. The Morgan fingerprint density at radius 1 is 1.38 bits per heavy atom. The summed E-state index contributed by atoms with van der Waals surface area (Å²) in [5.41, 5.74) is 1.79. The number of nitrogens with one attached hydrogen (secondary N) is 2. The molecule has 2 atom stereocenters. The van der Waals surface area contributed by atoms with Crippen molar-refractivity contribution in [3.05, 3.63) is 42.5 Å². The van der Waals surface area contributed by atoms with Gasteiger partial charge in [0.15, 0.2) is 0 Å². The lowest BCUT2D eigenvalue weighted by molar-refractivity contribution is -0.0877. The summed E-state index contributed by atoms with van der Waals surface area (Å²) in [6.45, 7) is 5.81. The van der Waals surface area contributed by atoms with Crippen LogP contribution in [0.1, 0.15) is 31.2 Å². The number of hydrogen-bond acceptors (Lipinski definition) is 3. The van der Waals surface area contributed by atoms with Gasteiger partial charge >= 0.3 is 6.03 Å². The first-order valence-corrected chi connectivity index (χ1v) is 8.69. The summed E-state index contributed by atoms with van der Waals surface area (Å²) < 4.78 is 11.4. The van der Waals surface area contributed by atoms with Crippen molar-refractivity contribution < 1.29 is 14.3 Å². The molecule has 3 rings (SSSR count). The predicted molar refractivity (Wildman–Crippen MR) is 94.3 cm³/mol. The number of aryl methyl sites for hydroxylation is 1. The quantitative estimate of drug-likeness (QED) is 0.815. The third-order valence-electron chi connectivity index (χ3n) is 4.78. The molecule has 2 aliphatic heterocycles. The van der Waals surface area contributed by atoms with Gasteiger partial charge in [-0.05, 0) is 37.3 Å². The zero-order chi connectivity index (χ0) is 16.8. The van der Waals surface area contributed by atoms with Crippen molar-refractivity contribution in [2.75, 3.05) is 25.1 Å². The van der Waals surface area contributed by atoms with Gasteiger partial charge in [0.25, 0.3) is 0 Å². The van der Waals surface area contributed by atoms with Gasteiger partial charge in [-0.3, -0.25) is 0 Å². The molecule has 2 heterocycles. The number of urea groups is 1. The highest BCUT2D eigenvalue weighted by atomic mass is 16.6. The van der Waals surface area contributed by atoms with E-state index in [1.807, 2.05) is 30.3 Å². The van der Waals surface area contributed by atoms with Crippen molar-refractivity contribution in [2.45, 2.75) is 43.7 Å². The third kappa shape index (κ3) is 4.16. The molecule has 1 aromatic rings. The smallest absolute Gasteiger partial charge is 0.319 e. The summed E-state index contributed by atoms with van der Waals surface area (Å²) in [5, 5.41) is 6.09. The highest BCUT2D eigenvalue weighted by Gasteiger charge is 2.41. The predicted octanol–water partition coefficient (Wildman–Crippen LogP) is 3.26. The molecular weight excluding hydrogens is 304 g/mol. The fourth-order valence-electron chi connectivity index (χ4n) is 3.48. The summed E-state index contributed by atoms with van der Waals surface area (Å²) in [7, 11) is 0. The van der Waals surface area contributed by atoms with Crippen molar-refractivity contribution in [2.24, 2.45) is 0 Å². The van der Waals surface area contributed by atoms with Crippen LogP contribution in [0.2, 0.25) is 0 Å². The van der Waals surface area contributed by atoms with Crippen LogP contribution >= 0.6 is 0 Å². The largest absolute Gasteiger partial charge is 0.378 e. The van der Waals surface area contributed by atoms with Crippen LogP contribution in [0.3, 0.4) is 0 Å². The Bertz CT molecular complexity index is 582. The highest BCUT2D eigenvalue weighted by molar-refractivity contribution is 5.90. The summed E-state index contributed by atoms with van der Waals surface area (Å²) >= 11 is 0. The Hall–Kier alpha value is -1.85. The number of anilines is 1. The van der Waals surface area contributed by atoms with Crippen molar-refractivity contribution in [3.8, 4) is 0 Å². The molecule has 2 aliphatic rings. The normalized spacial score (nSPS) is 26.2. The van der Waals surface area contributed by atoms with E-state index in [0.717, 1.165) is 50.0 Å². The van der Waals surface area contributed by atoms with E-state index in [0.29, 0.717) is 13.2 Å². The van der Waals surface area contributed by atoms with Crippen LogP contribution in [0.4, 0.5) is 10.5 Å². The van der Waals surface area contributed by atoms with Crippen LogP contribution in [-0.2, 0) is 15.9 Å². The second-order valence-electron chi connectivity index (χ2n) is 6.61. The van der Waals surface area contributed by atoms with Gasteiger partial charge in [-0.15, -0.1) is 6.58 Å². The standard InChI is InChI=1S/C19H26N2O3/c1-2-3-6-15-7-4-5-8-17(15)21-18(22)20-16-9-11-24-19(13-16)10-12-23-14-19/h2,4-5,7-8,16H,1,3,6,9-14H2,(H2,20,21,22)/t16-,19-/m1/s1. The van der Waals surface area contributed by atoms with Crippen LogP contribution in [0.25, 0.3) is 0 Å². The molecule has 2 saturated heterocycles. The number of carbonyl (C=O) groups excluding carboxylic acids is 1. The lowest BCUT2D eigenvalue weighted by Gasteiger charge is -2.37. The maximum atomic E-state index is 12.4. The molecule has 0 unspecified atom stereocenters. The highest BCUT2D eigenvalue weighted by Crippen LogP contribution is 2.32. The molecule has 5 heteroatoms. The minimum Gasteiger partial charge on any atom is -0.378 e. The first kappa shape index (κ1) is 17.0. The van der Waals surface area contributed by atoms with Gasteiger partial charge in [-0.2, -0.15) is 0 Å². The van der Waals surface area contributed by atoms with E-state index in [1.165, 1.54) is 0 Å². The molecule has 1 aromatic carbocycles. The van der Waals surface area contributed by atoms with Crippen LogP contribution in [-0.4, -0.2) is 37.5 Å². The van der Waals surface area contributed by atoms with Gasteiger partial charge in [0.05, 0.1) is 12.2 Å². The number of para-hydroxylation sites is 1. The van der Waals surface area contributed by atoms with E-state index in [1.54, 1.807) is 0 Å². The zero-order valence-corrected chi connectivity index (χ0v) is 14.1. The lowest BCUT2D eigenvalue weighted by Crippen LogP contribution is -2.49. The molecular formula is C19H26N2O3. The van der Waals surface area contributed by atoms with Crippen molar-refractivity contribution in [1.82, 2.24) is 5.32 Å². The SMILES string of the molecule is C=CCCc1ccccc1NC(=O)N[C@@H]1CCO[C@]2(CCOC2)C1. The van der Waals surface area contributed by atoms with E-state index in [2.05, 4.69) is 17.2 Å². The molecule has 0 radical (unpaired) electrons. The summed E-state index contributed by atoms with van der Waals surface area (Å²) in [5.74, 6) is 0. The number of hydrogen-bond donors (Lipinski definition) is 2. The van der Waals surface area contributed by atoms with Crippen molar-refractivity contribution in [3.63, 3.8) is 0 Å². The molecule has 0 aromatic heterocycles. The van der Waals surface area contributed by atoms with Crippen molar-refractivity contribution in [1.29, 1.82) is 0 Å². The molecule has 0 bridgehead atoms. The van der Waals surface area contributed by atoms with Crippen LogP contribution < -0.4 is 10.6 Å². The van der Waals surface area contributed by atoms with E-state index in [9.17, 15) is 4.79 Å². The average Bonchev–Trinajstić information content (AvgIpc) is 3.01. The molecule has 2 amide bonds. The van der Waals surface area contributed by atoms with E-state index < -0.39 is 0 Å². The van der Waals surface area contributed by atoms with E-state index in [4.69, 9.17) is 9.47 Å². The molecule has 2 fully saturated rings. The first-order chi connectivity index (χ1) is 11.7. The van der Waals surface area contributed by atoms with Crippen LogP contribution in [0, 0.1) is 0 Å². The summed E-state index contributed by atoms with van der Waals surface area (Å²) in [6, 6.07) is 7.88. The molecule has 1 spiro atoms. The van der Waals surface area contributed by atoms with Crippen LogP contribution in [0.5, 0.6) is 0 Å². The fraction of sp³-hybridized carbons (Fsp3) is 0.526. The zero-order valence-electron chi connectivity index (χ0n) is 14.1. The number of rotatable bonds is 5. The van der Waals surface area contributed by atoms with Gasteiger partial charge in [-0.1, -0.05) is 24.3 Å². The molecule has 2 N–H and O–H groups in total. The van der Waals surface area contributed by atoms with Gasteiger partial charge in [0.1, 0.15) is 0 Å². The minimum absolute atomic E-state index is 0.126. The number of allylic oxidation sites excluding steroid dienone is 1. The van der Waals surface area contributed by atoms with Gasteiger partial charge in [0, 0.05) is 31.4 Å². The Morgan fingerprint density at radius 3 is 3.04 bits per heavy atom. The minimum atomic E-state index is -0.196. The molecule has 0 saturated carbocycles. The Balaban J connectivity index is 1.56. The fourth-order valence-corrected chi connectivity index (χ4v) is 3.48. The summed E-state index contributed by atoms with van der Waals surface area (Å²) in [6.07, 6.45) is 6.23. The molecule has 24 heavy (non-hydrogen) atoms. The third-order valence-corrected chi connectivity index (χ3v) is 4.78. The Morgan fingerprint density at radius 2 is 2.25 bits per heavy atom. The maximum absolute atomic E-state index is 12.4. The monoisotopic (exact) mass is 330 g/mol. The van der Waals surface area contributed by atoms with E-state index in [-0.39, 0.29) is 17.7 Å². The van der Waals surface area contributed by atoms with Crippen LogP contribution in [0.15, 0.2) is 36.9 Å². The Labute approximate surface area is 143 Å². The number of carbonyl (C=O) groups is 1. The number of benzene rings is 1. The van der Waals surface area contributed by atoms with E-state index >= 15 is 0 Å². The first-order valence-electron chi connectivity index (χ1n) is 8.69. The molecule has 5 nitrogen and oxygen atoms in total. The Kier molecular flexibility index (Phi) is 5.53. The van der Waals surface area contributed by atoms with Gasteiger partial charge in [0.2, 0.25) is 0 Å². The summed E-state index contributed by atoms with van der Waals surface area (Å²) in [4.78, 5) is 12.4. The molecule has 0 aliphatic carbocycles. The topological polar surface area (TPSA) is 59.6 Å².